The van der Waals surface area contributed by atoms with Crippen LogP contribution in [0.3, 0.4) is 0 Å². The molecule has 31 heavy (non-hydrogen) atoms. The van der Waals surface area contributed by atoms with E-state index in [0.717, 1.165) is 5.56 Å². The first-order valence-corrected chi connectivity index (χ1v) is 11.6. The Morgan fingerprint density at radius 1 is 0.968 bits per heavy atom. The summed E-state index contributed by atoms with van der Waals surface area (Å²) < 4.78 is 6.32. The molecule has 1 spiro atoms. The molecule has 5 nitrogen and oxygen atoms in total. The average Bonchev–Trinajstić information content (AvgIpc) is 2.97. The monoisotopic (exact) mass is 424 g/mol. The average molecular weight is 425 g/mol. The molecule has 6 atom stereocenters. The van der Waals surface area contributed by atoms with Gasteiger partial charge in [-0.15, -0.1) is 0 Å². The summed E-state index contributed by atoms with van der Waals surface area (Å²) in [5, 5.41) is 23.6. The largest absolute Gasteiger partial charge is 0.465 e. The summed E-state index contributed by atoms with van der Waals surface area (Å²) in [7, 11) is 0. The topological polar surface area (TPSA) is 83.8 Å². The van der Waals surface area contributed by atoms with E-state index in [1.165, 1.54) is 0 Å². The van der Waals surface area contributed by atoms with E-state index in [2.05, 4.69) is 13.8 Å². The molecule has 3 aliphatic carbocycles. The fourth-order valence-electron chi connectivity index (χ4n) is 6.64. The maximum Gasteiger partial charge on any atom is 0.224 e. The number of benzene rings is 1. The minimum absolute atomic E-state index is 0.0194. The van der Waals surface area contributed by atoms with Gasteiger partial charge in [-0.05, 0) is 34.8 Å². The molecule has 2 N–H and O–H groups in total. The van der Waals surface area contributed by atoms with E-state index in [0.29, 0.717) is 35.7 Å². The Labute approximate surface area is 183 Å². The summed E-state index contributed by atoms with van der Waals surface area (Å²) in [4.78, 5) is 27.3. The van der Waals surface area contributed by atoms with Gasteiger partial charge in [-0.1, -0.05) is 52.0 Å². The van der Waals surface area contributed by atoms with Crippen molar-refractivity contribution in [3.8, 4) is 0 Å². The number of carbonyl (C=O) groups is 2. The standard InChI is InChI=1S/C26H32O5/c1-13(2)15-9-19(27)22-20(10-15)31-25(30)12-16(14(3)4)11-21(28)26(25)23(22)17-7-5-6-8-18(17)24(26)29/h5-8,13-16,23-24,29-30H,9-12H2,1-4H3/t15?,16?,23-,24+,25+,26+/m1/s1. The third-order valence-electron chi connectivity index (χ3n) is 8.54. The van der Waals surface area contributed by atoms with Crippen LogP contribution in [-0.2, 0) is 14.3 Å². The van der Waals surface area contributed by atoms with Gasteiger partial charge in [-0.3, -0.25) is 9.59 Å². The Balaban J connectivity index is 1.76. The fourth-order valence-corrected chi connectivity index (χ4v) is 6.64. The molecule has 0 bridgehead atoms. The molecule has 1 aliphatic heterocycles. The minimum atomic E-state index is -1.83. The second kappa shape index (κ2) is 6.76. The third kappa shape index (κ3) is 2.56. The number of allylic oxidation sites excluding steroid dienone is 2. The van der Waals surface area contributed by atoms with Crippen LogP contribution in [0.25, 0.3) is 0 Å². The lowest BCUT2D eigenvalue weighted by Gasteiger charge is -2.57. The number of hydrogen-bond donors (Lipinski definition) is 2. The van der Waals surface area contributed by atoms with Crippen molar-refractivity contribution in [2.45, 2.75) is 71.2 Å². The summed E-state index contributed by atoms with van der Waals surface area (Å²) in [5.74, 6) is -1.58. The number of ether oxygens (including phenoxy) is 1. The Morgan fingerprint density at radius 2 is 1.61 bits per heavy atom. The first-order chi connectivity index (χ1) is 14.6. The molecule has 1 aromatic carbocycles. The number of carbonyl (C=O) groups excluding carboxylic acids is 2. The van der Waals surface area contributed by atoms with Crippen LogP contribution in [0.1, 0.15) is 76.5 Å². The van der Waals surface area contributed by atoms with Gasteiger partial charge in [0, 0.05) is 37.2 Å². The highest BCUT2D eigenvalue weighted by atomic mass is 16.6. The van der Waals surface area contributed by atoms with Crippen LogP contribution in [0.2, 0.25) is 0 Å². The number of aliphatic hydroxyl groups excluding tert-OH is 1. The van der Waals surface area contributed by atoms with Gasteiger partial charge in [0.05, 0.1) is 6.10 Å². The third-order valence-corrected chi connectivity index (χ3v) is 8.54. The molecule has 0 radical (unpaired) electrons. The van der Waals surface area contributed by atoms with E-state index < -0.39 is 23.2 Å². The minimum Gasteiger partial charge on any atom is -0.465 e. The molecule has 5 rings (SSSR count). The lowest BCUT2D eigenvalue weighted by molar-refractivity contribution is -0.300. The van der Waals surface area contributed by atoms with Gasteiger partial charge in [-0.2, -0.15) is 0 Å². The van der Waals surface area contributed by atoms with Crippen molar-refractivity contribution in [1.29, 1.82) is 0 Å². The van der Waals surface area contributed by atoms with Crippen LogP contribution < -0.4 is 0 Å². The predicted octanol–water partition coefficient (Wildman–Crippen LogP) is 4.05. The summed E-state index contributed by atoms with van der Waals surface area (Å²) in [6, 6.07) is 7.39. The predicted molar refractivity (Wildman–Crippen MR) is 115 cm³/mol. The molecular formula is C26H32O5. The number of aliphatic hydroxyl groups is 2. The van der Waals surface area contributed by atoms with Gasteiger partial charge in [0.25, 0.3) is 0 Å². The molecule has 2 unspecified atom stereocenters. The smallest absolute Gasteiger partial charge is 0.224 e. The van der Waals surface area contributed by atoms with Crippen LogP contribution in [0.4, 0.5) is 0 Å². The van der Waals surface area contributed by atoms with Crippen LogP contribution in [0, 0.1) is 29.1 Å². The van der Waals surface area contributed by atoms with Crippen molar-refractivity contribution in [3.05, 3.63) is 46.7 Å². The molecule has 0 amide bonds. The highest BCUT2D eigenvalue weighted by Crippen LogP contribution is 2.70. The SMILES string of the molecule is CC(C)C1CC(=O)C2=C(C1)O[C@@]1(O)CC(C(C)C)CC(=O)[C@]13[C@@H](O)c1ccccc1[C@H]23. The van der Waals surface area contributed by atoms with Gasteiger partial charge in [-0.25, -0.2) is 0 Å². The second-order valence-corrected chi connectivity index (χ2v) is 10.7. The summed E-state index contributed by atoms with van der Waals surface area (Å²) in [5.41, 5.74) is 0.332. The molecule has 1 aromatic rings. The normalized spacial score (nSPS) is 39.2. The van der Waals surface area contributed by atoms with Gasteiger partial charge in [0.15, 0.2) is 5.78 Å². The zero-order chi connectivity index (χ0) is 22.3. The Kier molecular flexibility index (Phi) is 4.56. The number of ketones is 2. The van der Waals surface area contributed by atoms with Crippen molar-refractivity contribution in [1.82, 2.24) is 0 Å². The van der Waals surface area contributed by atoms with Gasteiger partial charge < -0.3 is 14.9 Å². The Hall–Kier alpha value is -1.98. The second-order valence-electron chi connectivity index (χ2n) is 10.7. The number of fused-ring (bicyclic) bond motifs is 3. The zero-order valence-corrected chi connectivity index (χ0v) is 18.7. The van der Waals surface area contributed by atoms with Crippen LogP contribution in [-0.4, -0.2) is 27.6 Å². The van der Waals surface area contributed by atoms with E-state index in [1.807, 2.05) is 32.0 Å². The van der Waals surface area contributed by atoms with Crippen molar-refractivity contribution < 1.29 is 24.5 Å². The summed E-state index contributed by atoms with van der Waals surface area (Å²) >= 11 is 0. The van der Waals surface area contributed by atoms with Crippen LogP contribution in [0.15, 0.2) is 35.6 Å². The van der Waals surface area contributed by atoms with Crippen molar-refractivity contribution >= 4 is 11.6 Å². The van der Waals surface area contributed by atoms with E-state index >= 15 is 0 Å². The Bertz CT molecular complexity index is 991. The molecule has 1 fully saturated rings. The lowest BCUT2D eigenvalue weighted by atomic mass is 9.53. The van der Waals surface area contributed by atoms with E-state index in [4.69, 9.17) is 4.74 Å². The highest BCUT2D eigenvalue weighted by molar-refractivity contribution is 6.02. The van der Waals surface area contributed by atoms with Gasteiger partial charge >= 0.3 is 0 Å². The fraction of sp³-hybridized carbons (Fsp3) is 0.615. The Morgan fingerprint density at radius 3 is 2.26 bits per heavy atom. The first kappa shape index (κ1) is 20.9. The van der Waals surface area contributed by atoms with Crippen molar-refractivity contribution in [3.63, 3.8) is 0 Å². The molecule has 0 saturated heterocycles. The lowest BCUT2D eigenvalue weighted by Crippen LogP contribution is -2.65. The molecule has 0 aromatic heterocycles. The first-order valence-electron chi connectivity index (χ1n) is 11.6. The van der Waals surface area contributed by atoms with Crippen LogP contribution >= 0.6 is 0 Å². The highest BCUT2D eigenvalue weighted by Gasteiger charge is 2.75. The summed E-state index contributed by atoms with van der Waals surface area (Å²) in [6.07, 6.45) is 0.327. The number of hydrogen-bond acceptors (Lipinski definition) is 5. The molecule has 166 valence electrons. The van der Waals surface area contributed by atoms with Crippen molar-refractivity contribution in [2.75, 3.05) is 0 Å². The molecule has 4 aliphatic rings. The number of rotatable bonds is 2. The maximum atomic E-state index is 13.9. The molecule has 5 heteroatoms. The maximum absolute atomic E-state index is 13.9. The van der Waals surface area contributed by atoms with E-state index in [-0.39, 0.29) is 42.2 Å². The molecule has 1 heterocycles. The molecule has 1 saturated carbocycles. The van der Waals surface area contributed by atoms with E-state index in [1.54, 1.807) is 6.07 Å². The van der Waals surface area contributed by atoms with E-state index in [9.17, 15) is 19.8 Å². The summed E-state index contributed by atoms with van der Waals surface area (Å²) in [6.45, 7) is 8.28. The molecular weight excluding hydrogens is 392 g/mol. The van der Waals surface area contributed by atoms with Crippen molar-refractivity contribution in [2.24, 2.45) is 29.1 Å². The zero-order valence-electron chi connectivity index (χ0n) is 18.7. The van der Waals surface area contributed by atoms with Gasteiger partial charge in [0.1, 0.15) is 17.0 Å². The van der Waals surface area contributed by atoms with Crippen LogP contribution in [0.5, 0.6) is 0 Å². The number of Topliss-reactive ketones (excluding diaryl/α,β-unsaturated/α-hetero) is 2. The van der Waals surface area contributed by atoms with Gasteiger partial charge in [0.2, 0.25) is 5.79 Å². The quantitative estimate of drug-likeness (QED) is 0.748.